The van der Waals surface area contributed by atoms with Gasteiger partial charge in [0, 0.05) is 19.5 Å². The second kappa shape index (κ2) is 8.86. The molecule has 168 valence electrons. The first-order chi connectivity index (χ1) is 14.4. The van der Waals surface area contributed by atoms with E-state index >= 15 is 0 Å². The molecule has 0 aliphatic carbocycles. The van der Waals surface area contributed by atoms with Crippen LogP contribution in [0.2, 0.25) is 0 Å². The number of halogens is 7. The lowest BCUT2D eigenvalue weighted by Gasteiger charge is -2.23. The van der Waals surface area contributed by atoms with Crippen LogP contribution in [0, 0.1) is 0 Å². The van der Waals surface area contributed by atoms with Crippen molar-refractivity contribution < 1.29 is 40.3 Å². The van der Waals surface area contributed by atoms with Crippen molar-refractivity contribution >= 4 is 5.97 Å². The molecular weight excluding hydrogens is 431 g/mol. The van der Waals surface area contributed by atoms with Crippen molar-refractivity contribution in [1.29, 1.82) is 0 Å². The van der Waals surface area contributed by atoms with E-state index in [1.807, 2.05) is 0 Å². The average molecular weight is 449 g/mol. The molecule has 10 heteroatoms. The Labute approximate surface area is 173 Å². The van der Waals surface area contributed by atoms with Crippen molar-refractivity contribution in [2.24, 2.45) is 0 Å². The van der Waals surface area contributed by atoms with Crippen LogP contribution < -0.4 is 0 Å². The first-order valence-corrected chi connectivity index (χ1v) is 9.30. The van der Waals surface area contributed by atoms with Gasteiger partial charge in [-0.05, 0) is 29.3 Å². The molecule has 2 unspecified atom stereocenters. The smallest absolute Gasteiger partial charge is 0.416 e. The molecular formula is C21H18F7NO2. The molecule has 2 aromatic carbocycles. The second-order valence-corrected chi connectivity index (χ2v) is 7.28. The van der Waals surface area contributed by atoms with Gasteiger partial charge in [0.15, 0.2) is 0 Å². The van der Waals surface area contributed by atoms with E-state index in [1.54, 1.807) is 0 Å². The number of alkyl halides is 7. The van der Waals surface area contributed by atoms with E-state index in [4.69, 9.17) is 4.74 Å². The summed E-state index contributed by atoms with van der Waals surface area (Å²) in [4.78, 5) is 13.8. The van der Waals surface area contributed by atoms with Crippen LogP contribution in [-0.2, 0) is 35.0 Å². The van der Waals surface area contributed by atoms with Crippen molar-refractivity contribution in [2.45, 2.75) is 44.1 Å². The van der Waals surface area contributed by atoms with Gasteiger partial charge in [-0.25, -0.2) is 4.39 Å². The number of nitrogens with zero attached hydrogens (tertiary/aromatic N) is 1. The van der Waals surface area contributed by atoms with Crippen LogP contribution in [0.5, 0.6) is 0 Å². The Kier molecular flexibility index (Phi) is 6.59. The summed E-state index contributed by atoms with van der Waals surface area (Å²) < 4.78 is 96.1. The zero-order valence-corrected chi connectivity index (χ0v) is 16.0. The Morgan fingerprint density at radius 3 is 2.06 bits per heavy atom. The molecule has 31 heavy (non-hydrogen) atoms. The lowest BCUT2D eigenvalue weighted by Crippen LogP contribution is -2.36. The van der Waals surface area contributed by atoms with Gasteiger partial charge in [-0.2, -0.15) is 26.3 Å². The summed E-state index contributed by atoms with van der Waals surface area (Å²) in [5.74, 6) is -0.843. The topological polar surface area (TPSA) is 29.5 Å². The highest BCUT2D eigenvalue weighted by molar-refractivity contribution is 5.76. The van der Waals surface area contributed by atoms with E-state index < -0.39 is 48.3 Å². The molecule has 0 N–H and O–H groups in total. The minimum atomic E-state index is -4.55. The van der Waals surface area contributed by atoms with Crippen LogP contribution in [0.15, 0.2) is 48.5 Å². The first-order valence-electron chi connectivity index (χ1n) is 9.30. The third-order valence-corrected chi connectivity index (χ3v) is 4.90. The Morgan fingerprint density at radius 2 is 1.48 bits per heavy atom. The maximum absolute atomic E-state index is 13.9. The average Bonchev–Trinajstić information content (AvgIpc) is 3.05. The molecule has 1 heterocycles. The third-order valence-electron chi connectivity index (χ3n) is 4.90. The molecule has 3 nitrogen and oxygen atoms in total. The van der Waals surface area contributed by atoms with E-state index in [0.717, 1.165) is 24.3 Å². The summed E-state index contributed by atoms with van der Waals surface area (Å²) in [5, 5.41) is 0. The highest BCUT2D eigenvalue weighted by atomic mass is 19.4. The zero-order valence-electron chi connectivity index (χ0n) is 16.0. The summed E-state index contributed by atoms with van der Waals surface area (Å²) in [6, 6.07) is 7.72. The zero-order chi connectivity index (χ0) is 22.8. The van der Waals surface area contributed by atoms with Crippen LogP contribution >= 0.6 is 0 Å². The Morgan fingerprint density at radius 1 is 0.935 bits per heavy atom. The lowest BCUT2D eigenvalue weighted by molar-refractivity contribution is -0.150. The molecule has 0 saturated carbocycles. The predicted molar refractivity (Wildman–Crippen MR) is 96.4 cm³/mol. The van der Waals surface area contributed by atoms with Crippen LogP contribution in [0.25, 0.3) is 0 Å². The standard InChI is InChI=1S/C21H18F7NO2/c22-17-9-18(19(30)31-12-14-4-2-6-16(8-14)21(26,27)28)29(11-17)10-13-3-1-5-15(7-13)20(23,24)25/h1-8,17-18H,9-12H2. The maximum Gasteiger partial charge on any atom is 0.416 e. The van der Waals surface area contributed by atoms with Gasteiger partial charge in [0.1, 0.15) is 18.8 Å². The van der Waals surface area contributed by atoms with Crippen molar-refractivity contribution in [3.8, 4) is 0 Å². The van der Waals surface area contributed by atoms with Gasteiger partial charge in [-0.1, -0.05) is 30.3 Å². The molecule has 1 saturated heterocycles. The van der Waals surface area contributed by atoms with E-state index in [0.29, 0.717) is 0 Å². The molecule has 1 aliphatic heterocycles. The fourth-order valence-corrected chi connectivity index (χ4v) is 3.44. The number of benzene rings is 2. The van der Waals surface area contributed by atoms with Gasteiger partial charge in [0.2, 0.25) is 0 Å². The maximum atomic E-state index is 13.9. The van der Waals surface area contributed by atoms with Crippen LogP contribution in [0.3, 0.4) is 0 Å². The molecule has 0 amide bonds. The fourth-order valence-electron chi connectivity index (χ4n) is 3.44. The Hall–Kier alpha value is -2.62. The number of carbonyl (C=O) groups excluding carboxylic acids is 1. The second-order valence-electron chi connectivity index (χ2n) is 7.28. The largest absolute Gasteiger partial charge is 0.460 e. The normalized spacial score (nSPS) is 20.1. The molecule has 1 aliphatic rings. The van der Waals surface area contributed by atoms with Crippen molar-refractivity contribution in [3.05, 3.63) is 70.8 Å². The number of hydrogen-bond acceptors (Lipinski definition) is 3. The number of carbonyl (C=O) groups is 1. The molecule has 0 aromatic heterocycles. The first kappa shape index (κ1) is 23.1. The molecule has 0 spiro atoms. The number of rotatable bonds is 5. The summed E-state index contributed by atoms with van der Waals surface area (Å²) in [6.45, 7) is -0.707. The third kappa shape index (κ3) is 5.96. The van der Waals surface area contributed by atoms with Gasteiger partial charge in [0.25, 0.3) is 0 Å². The molecule has 2 atom stereocenters. The van der Waals surface area contributed by atoms with Gasteiger partial charge in [-0.3, -0.25) is 9.69 Å². The summed E-state index contributed by atoms with van der Waals surface area (Å²) in [7, 11) is 0. The summed E-state index contributed by atoms with van der Waals surface area (Å²) >= 11 is 0. The van der Waals surface area contributed by atoms with Crippen molar-refractivity contribution in [1.82, 2.24) is 4.90 Å². The van der Waals surface area contributed by atoms with Crippen LogP contribution in [0.1, 0.15) is 28.7 Å². The Bertz CT molecular complexity index is 926. The minimum absolute atomic E-state index is 0.104. The highest BCUT2D eigenvalue weighted by Gasteiger charge is 2.38. The van der Waals surface area contributed by atoms with E-state index in [-0.39, 0.29) is 30.6 Å². The summed E-state index contributed by atoms with van der Waals surface area (Å²) in [5.41, 5.74) is -1.39. The van der Waals surface area contributed by atoms with Gasteiger partial charge in [-0.15, -0.1) is 0 Å². The Balaban J connectivity index is 1.66. The van der Waals surface area contributed by atoms with Crippen molar-refractivity contribution in [3.63, 3.8) is 0 Å². The number of hydrogen-bond donors (Lipinski definition) is 0. The van der Waals surface area contributed by atoms with E-state index in [9.17, 15) is 35.5 Å². The number of ether oxygens (including phenoxy) is 1. The monoisotopic (exact) mass is 449 g/mol. The molecule has 1 fully saturated rings. The lowest BCUT2D eigenvalue weighted by atomic mass is 10.1. The molecule has 0 bridgehead atoms. The molecule has 0 radical (unpaired) electrons. The van der Waals surface area contributed by atoms with E-state index in [1.165, 1.54) is 29.2 Å². The van der Waals surface area contributed by atoms with Gasteiger partial charge < -0.3 is 4.74 Å². The number of esters is 1. The van der Waals surface area contributed by atoms with Crippen molar-refractivity contribution in [2.75, 3.05) is 6.54 Å². The fraction of sp³-hybridized carbons (Fsp3) is 0.381. The van der Waals surface area contributed by atoms with Gasteiger partial charge in [0.05, 0.1) is 11.1 Å². The quantitative estimate of drug-likeness (QED) is 0.454. The molecule has 3 rings (SSSR count). The molecule has 2 aromatic rings. The summed E-state index contributed by atoms with van der Waals surface area (Å²) in [6.07, 6.45) is -10.7. The minimum Gasteiger partial charge on any atom is -0.460 e. The highest BCUT2D eigenvalue weighted by Crippen LogP contribution is 2.32. The van der Waals surface area contributed by atoms with Crippen LogP contribution in [0.4, 0.5) is 30.7 Å². The SMILES string of the molecule is O=C(OCc1cccc(C(F)(F)F)c1)C1CC(F)CN1Cc1cccc(C(F)(F)F)c1. The van der Waals surface area contributed by atoms with Crippen LogP contribution in [-0.4, -0.2) is 29.6 Å². The number of likely N-dealkylation sites (tertiary alicyclic amines) is 1. The van der Waals surface area contributed by atoms with Gasteiger partial charge >= 0.3 is 18.3 Å². The predicted octanol–water partition coefficient (Wildman–Crippen LogP) is 5.38. The van der Waals surface area contributed by atoms with E-state index in [2.05, 4.69) is 0 Å².